The fourth-order valence-corrected chi connectivity index (χ4v) is 15.7. The Morgan fingerprint density at radius 3 is 1.94 bits per heavy atom. The molecule has 4 aromatic carbocycles. The summed E-state index contributed by atoms with van der Waals surface area (Å²) in [6.45, 7) is 10.8. The van der Waals surface area contributed by atoms with Crippen LogP contribution in [0.5, 0.6) is 0 Å². The van der Waals surface area contributed by atoms with Crippen molar-refractivity contribution in [2.24, 2.45) is 0 Å². The summed E-state index contributed by atoms with van der Waals surface area (Å²) in [7, 11) is -3.56. The van der Waals surface area contributed by atoms with Crippen molar-refractivity contribution in [3.63, 3.8) is 0 Å². The van der Waals surface area contributed by atoms with Gasteiger partial charge in [0.2, 0.25) is 7.37 Å². The largest absolute Gasteiger partial charge is 0.469 e. The fourth-order valence-electron chi connectivity index (χ4n) is 7.61. The number of esters is 1. The van der Waals surface area contributed by atoms with Crippen LogP contribution in [0, 0.1) is 5.82 Å². The lowest BCUT2D eigenvalue weighted by Gasteiger charge is -2.48. The number of methoxy groups -OCH3 is 1. The highest BCUT2D eigenvalue weighted by atomic mass is 31.2. The van der Waals surface area contributed by atoms with Crippen molar-refractivity contribution in [2.45, 2.75) is 57.5 Å². The number of carbonyl (C=O) groups excluding carboxylic acids is 1. The third kappa shape index (κ3) is 7.32. The second kappa shape index (κ2) is 15.4. The van der Waals surface area contributed by atoms with E-state index >= 15 is 0 Å². The number of nitrogens with zero attached hydrogens (tertiary/aromatic N) is 1. The maximum absolute atomic E-state index is 14.7. The van der Waals surface area contributed by atoms with Gasteiger partial charge in [0.25, 0.3) is 0 Å². The van der Waals surface area contributed by atoms with E-state index in [4.69, 9.17) is 14.2 Å². The van der Waals surface area contributed by atoms with Gasteiger partial charge in [0.15, 0.2) is 0 Å². The molecule has 0 aliphatic carbocycles. The Morgan fingerprint density at radius 2 is 1.42 bits per heavy atom. The van der Waals surface area contributed by atoms with Crippen LogP contribution in [-0.4, -0.2) is 39.4 Å². The van der Waals surface area contributed by atoms with E-state index < -0.39 is 21.0 Å². The number of benzene rings is 4. The SMILES string of the molecule is COC(=O)C(CCP(=O)(C=Cc1c(-c2ccc(F)cc2)nc2ccccc2c1C(C)C)OC)[Si](c1ccccc1)(c1ccccc1)C(C)(C)C. The number of halogens is 1. The van der Waals surface area contributed by atoms with Crippen LogP contribution in [-0.2, 0) is 18.6 Å². The fraction of sp³-hybridized carbons (Fsp3) is 0.286. The number of carbonyl (C=O) groups is 1. The summed E-state index contributed by atoms with van der Waals surface area (Å²) in [4.78, 5) is 19.1. The van der Waals surface area contributed by atoms with Crippen LogP contribution in [0.25, 0.3) is 28.2 Å². The number of aromatic nitrogens is 1. The van der Waals surface area contributed by atoms with Crippen LogP contribution >= 0.6 is 7.37 Å². The second-order valence-corrected chi connectivity index (χ2v) is 21.6. The van der Waals surface area contributed by atoms with Gasteiger partial charge in [-0.3, -0.25) is 9.36 Å². The van der Waals surface area contributed by atoms with Gasteiger partial charge in [-0.2, -0.15) is 0 Å². The van der Waals surface area contributed by atoms with E-state index in [0.717, 1.165) is 38.0 Å². The van der Waals surface area contributed by atoms with Gasteiger partial charge in [-0.05, 0) is 59.3 Å². The van der Waals surface area contributed by atoms with Gasteiger partial charge in [0.1, 0.15) is 13.9 Å². The first kappa shape index (κ1) is 37.1. The standard InChI is InChI=1S/C42H47FNO4PSi/c1-30(2)39-35-20-14-15-21-37(35)44-40(31-22-24-32(43)25-23-31)36(39)26-28-49(46,48-7)29-27-38(41(45)47-6)50(42(3,4)5,33-16-10-8-11-17-33)34-18-12-9-13-19-34/h8-26,28,30,38H,27,29H2,1-7H3. The first-order valence-electron chi connectivity index (χ1n) is 17.1. The van der Waals surface area contributed by atoms with Gasteiger partial charge in [0, 0.05) is 35.6 Å². The highest BCUT2D eigenvalue weighted by Gasteiger charge is 2.56. The smallest absolute Gasteiger partial charge is 0.306 e. The van der Waals surface area contributed by atoms with E-state index in [0.29, 0.717) is 12.1 Å². The molecule has 0 radical (unpaired) electrons. The number of hydrogen-bond acceptors (Lipinski definition) is 5. The lowest BCUT2D eigenvalue weighted by Crippen LogP contribution is -2.68. The van der Waals surface area contributed by atoms with Gasteiger partial charge >= 0.3 is 5.97 Å². The minimum absolute atomic E-state index is 0.0996. The molecule has 8 heteroatoms. The van der Waals surface area contributed by atoms with E-state index in [2.05, 4.69) is 58.9 Å². The molecule has 50 heavy (non-hydrogen) atoms. The van der Waals surface area contributed by atoms with Crippen LogP contribution < -0.4 is 10.4 Å². The first-order chi connectivity index (χ1) is 23.9. The maximum atomic E-state index is 14.7. The number of fused-ring (bicyclic) bond motifs is 1. The molecule has 0 saturated heterocycles. The van der Waals surface area contributed by atoms with Gasteiger partial charge < -0.3 is 9.26 Å². The van der Waals surface area contributed by atoms with E-state index in [-0.39, 0.29) is 28.9 Å². The molecular formula is C42H47FNO4PSi. The predicted molar refractivity (Wildman–Crippen MR) is 208 cm³/mol. The summed E-state index contributed by atoms with van der Waals surface area (Å²) < 4.78 is 40.1. The molecule has 0 saturated carbocycles. The highest BCUT2D eigenvalue weighted by molar-refractivity contribution is 7.62. The molecule has 2 unspecified atom stereocenters. The lowest BCUT2D eigenvalue weighted by molar-refractivity contribution is -0.140. The summed E-state index contributed by atoms with van der Waals surface area (Å²) in [6, 6.07) is 34.8. The van der Waals surface area contributed by atoms with Crippen LogP contribution in [0.2, 0.25) is 10.6 Å². The Kier molecular flexibility index (Phi) is 11.4. The number of rotatable bonds is 12. The van der Waals surface area contributed by atoms with Gasteiger partial charge in [-0.25, -0.2) is 9.37 Å². The summed E-state index contributed by atoms with van der Waals surface area (Å²) in [5.74, 6) is 1.12. The molecule has 2 atom stereocenters. The van der Waals surface area contributed by atoms with Gasteiger partial charge in [-0.1, -0.05) is 124 Å². The Labute approximate surface area is 297 Å². The molecule has 1 heterocycles. The zero-order valence-corrected chi connectivity index (χ0v) is 31.9. The maximum Gasteiger partial charge on any atom is 0.306 e. The Hall–Kier alpha value is -4.16. The molecule has 5 aromatic rings. The first-order valence-corrected chi connectivity index (χ1v) is 21.0. The Balaban J connectivity index is 1.64. The van der Waals surface area contributed by atoms with E-state index in [1.165, 1.54) is 26.4 Å². The third-order valence-electron chi connectivity index (χ3n) is 9.82. The summed E-state index contributed by atoms with van der Waals surface area (Å²) in [5, 5.41) is 2.90. The zero-order chi connectivity index (χ0) is 36.1. The number of ether oxygens (including phenoxy) is 1. The summed E-state index contributed by atoms with van der Waals surface area (Å²) >= 11 is 0. The predicted octanol–water partition coefficient (Wildman–Crippen LogP) is 10.1. The highest BCUT2D eigenvalue weighted by Crippen LogP contribution is 2.53. The van der Waals surface area contributed by atoms with Crippen molar-refractivity contribution in [1.29, 1.82) is 0 Å². The number of para-hydroxylation sites is 1. The lowest BCUT2D eigenvalue weighted by atomic mass is 9.90. The molecule has 0 fully saturated rings. The quantitative estimate of drug-likeness (QED) is 0.0734. The minimum atomic E-state index is -3.46. The normalized spacial score (nSPS) is 14.2. The van der Waals surface area contributed by atoms with Crippen LogP contribution in [0.4, 0.5) is 4.39 Å². The van der Waals surface area contributed by atoms with Crippen molar-refractivity contribution >= 4 is 48.8 Å². The molecule has 0 bridgehead atoms. The van der Waals surface area contributed by atoms with Gasteiger partial charge in [0.05, 0.1) is 23.9 Å². The molecule has 0 aliphatic heterocycles. The second-order valence-electron chi connectivity index (χ2n) is 14.1. The summed E-state index contributed by atoms with van der Waals surface area (Å²) in [6.07, 6.45) is 2.29. The Morgan fingerprint density at radius 1 is 0.860 bits per heavy atom. The third-order valence-corrected chi connectivity index (χ3v) is 18.4. The Bertz CT molecular complexity index is 1970. The number of pyridine rings is 1. The zero-order valence-electron chi connectivity index (χ0n) is 30.0. The molecule has 260 valence electrons. The molecule has 5 rings (SSSR count). The molecule has 5 nitrogen and oxygen atoms in total. The van der Waals surface area contributed by atoms with Crippen LogP contribution in [0.1, 0.15) is 58.1 Å². The van der Waals surface area contributed by atoms with Crippen molar-refractivity contribution < 1.29 is 23.0 Å². The monoisotopic (exact) mass is 707 g/mol. The van der Waals surface area contributed by atoms with Crippen LogP contribution in [0.3, 0.4) is 0 Å². The van der Waals surface area contributed by atoms with Crippen molar-refractivity contribution in [3.05, 3.63) is 132 Å². The van der Waals surface area contributed by atoms with Crippen molar-refractivity contribution in [1.82, 2.24) is 4.98 Å². The van der Waals surface area contributed by atoms with Crippen molar-refractivity contribution in [2.75, 3.05) is 20.4 Å². The molecule has 0 aliphatic rings. The average molecular weight is 708 g/mol. The van der Waals surface area contributed by atoms with E-state index in [1.807, 2.05) is 66.7 Å². The number of hydrogen-bond donors (Lipinski definition) is 0. The van der Waals surface area contributed by atoms with Crippen LogP contribution in [0.15, 0.2) is 115 Å². The van der Waals surface area contributed by atoms with Gasteiger partial charge in [-0.15, -0.1) is 0 Å². The minimum Gasteiger partial charge on any atom is -0.469 e. The molecule has 1 aromatic heterocycles. The van der Waals surface area contributed by atoms with E-state index in [1.54, 1.807) is 17.9 Å². The van der Waals surface area contributed by atoms with E-state index in [9.17, 15) is 13.8 Å². The average Bonchev–Trinajstić information content (AvgIpc) is 3.12. The summed E-state index contributed by atoms with van der Waals surface area (Å²) in [5.41, 5.74) is 3.55. The molecular weight excluding hydrogens is 661 g/mol. The van der Waals surface area contributed by atoms with Crippen molar-refractivity contribution in [3.8, 4) is 11.3 Å². The molecule has 0 amide bonds. The topological polar surface area (TPSA) is 65.5 Å². The molecule has 0 N–H and O–H groups in total. The molecule has 0 spiro atoms.